The second kappa shape index (κ2) is 7.74. The Morgan fingerprint density at radius 1 is 1.33 bits per heavy atom. The Bertz CT molecular complexity index is 610. The van der Waals surface area contributed by atoms with E-state index in [1.54, 1.807) is 0 Å². The van der Waals surface area contributed by atoms with Crippen molar-refractivity contribution in [3.8, 4) is 0 Å². The topological polar surface area (TPSA) is 29.9 Å². The van der Waals surface area contributed by atoms with Gasteiger partial charge in [0, 0.05) is 32.7 Å². The maximum absolute atomic E-state index is 4.55. The lowest BCUT2D eigenvalue weighted by atomic mass is 10.0. The molecule has 114 valence electrons. The zero-order valence-corrected chi connectivity index (χ0v) is 16.4. The summed E-state index contributed by atoms with van der Waals surface area (Å²) in [5, 5.41) is 8.15. The van der Waals surface area contributed by atoms with Crippen LogP contribution >= 0.6 is 38.5 Å². The second-order valence-electron chi connectivity index (χ2n) is 5.07. The molecule has 1 heterocycles. The molecule has 2 aromatic rings. The van der Waals surface area contributed by atoms with Gasteiger partial charge in [-0.3, -0.25) is 4.68 Å². The molecule has 5 heteroatoms. The molecule has 1 aromatic heterocycles. The smallest absolute Gasteiger partial charge is 0.0596 e. The number of aromatic nitrogens is 2. The van der Waals surface area contributed by atoms with E-state index in [9.17, 15) is 0 Å². The summed E-state index contributed by atoms with van der Waals surface area (Å²) in [7, 11) is 0. The molecule has 0 radical (unpaired) electrons. The number of halogens is 2. The molecule has 0 saturated heterocycles. The van der Waals surface area contributed by atoms with Gasteiger partial charge in [0.1, 0.15) is 0 Å². The maximum Gasteiger partial charge on any atom is 0.0596 e. The van der Waals surface area contributed by atoms with E-state index in [1.807, 2.05) is 0 Å². The molecule has 0 aliphatic heterocycles. The lowest BCUT2D eigenvalue weighted by Crippen LogP contribution is -2.24. The Hall–Kier alpha value is -0.400. The van der Waals surface area contributed by atoms with Gasteiger partial charge in [0.15, 0.2) is 0 Å². The van der Waals surface area contributed by atoms with Crippen LogP contribution in [-0.2, 0) is 13.0 Å². The number of benzene rings is 1. The highest BCUT2D eigenvalue weighted by Crippen LogP contribution is 2.28. The molecule has 0 spiro atoms. The van der Waals surface area contributed by atoms with Crippen molar-refractivity contribution in [2.45, 2.75) is 39.8 Å². The van der Waals surface area contributed by atoms with E-state index >= 15 is 0 Å². The van der Waals surface area contributed by atoms with Crippen LogP contribution < -0.4 is 5.32 Å². The van der Waals surface area contributed by atoms with Crippen LogP contribution in [0.5, 0.6) is 0 Å². The number of rotatable bonds is 6. The number of aryl methyl sites for hydroxylation is 2. The fourth-order valence-corrected chi connectivity index (χ4v) is 3.60. The van der Waals surface area contributed by atoms with Gasteiger partial charge < -0.3 is 5.32 Å². The monoisotopic (exact) mass is 461 g/mol. The predicted octanol–water partition coefficient (Wildman–Crippen LogP) is 4.47. The molecule has 21 heavy (non-hydrogen) atoms. The van der Waals surface area contributed by atoms with Gasteiger partial charge >= 0.3 is 0 Å². The number of nitrogens with one attached hydrogen (secondary N) is 1. The molecular weight excluding hydrogens is 441 g/mol. The minimum Gasteiger partial charge on any atom is -0.310 e. The van der Waals surface area contributed by atoms with Gasteiger partial charge in [-0.15, -0.1) is 0 Å². The van der Waals surface area contributed by atoms with Gasteiger partial charge in [0.2, 0.25) is 0 Å². The van der Waals surface area contributed by atoms with E-state index in [0.717, 1.165) is 29.7 Å². The lowest BCUT2D eigenvalue weighted by Gasteiger charge is -2.20. The van der Waals surface area contributed by atoms with Gasteiger partial charge in [-0.1, -0.05) is 22.9 Å². The third kappa shape index (κ3) is 4.29. The summed E-state index contributed by atoms with van der Waals surface area (Å²) >= 11 is 6.06. The minimum atomic E-state index is 0.292. The molecule has 0 bridgehead atoms. The van der Waals surface area contributed by atoms with Crippen LogP contribution in [-0.4, -0.2) is 16.3 Å². The molecule has 0 fully saturated rings. The van der Waals surface area contributed by atoms with E-state index in [-0.39, 0.29) is 0 Å². The summed E-state index contributed by atoms with van der Waals surface area (Å²) in [5.41, 5.74) is 3.68. The summed E-state index contributed by atoms with van der Waals surface area (Å²) in [4.78, 5) is 0. The van der Waals surface area contributed by atoms with Crippen LogP contribution in [0.15, 0.2) is 28.7 Å². The molecule has 1 atom stereocenters. The second-order valence-corrected chi connectivity index (χ2v) is 7.17. The lowest BCUT2D eigenvalue weighted by molar-refractivity contribution is 0.514. The van der Waals surface area contributed by atoms with Gasteiger partial charge in [0.05, 0.1) is 5.69 Å². The Labute approximate surface area is 148 Å². The largest absolute Gasteiger partial charge is 0.310 e. The molecule has 0 aliphatic carbocycles. The standard InChI is InChI=1S/C16H21BrIN3/c1-4-19-16(14-9-12(18)6-7-15(14)17)10-13-8-11(3)20-21(13)5-2/h6-9,16,19H,4-5,10H2,1-3H3. The highest BCUT2D eigenvalue weighted by atomic mass is 127. The average molecular weight is 462 g/mol. The van der Waals surface area contributed by atoms with Gasteiger partial charge in [-0.05, 0) is 72.8 Å². The van der Waals surface area contributed by atoms with Crippen molar-refractivity contribution in [3.63, 3.8) is 0 Å². The van der Waals surface area contributed by atoms with Crippen LogP contribution in [0.4, 0.5) is 0 Å². The zero-order valence-electron chi connectivity index (χ0n) is 12.7. The summed E-state index contributed by atoms with van der Waals surface area (Å²) < 4.78 is 4.52. The fraction of sp³-hybridized carbons (Fsp3) is 0.438. The first-order valence-electron chi connectivity index (χ1n) is 7.26. The third-order valence-corrected chi connectivity index (χ3v) is 4.88. The highest BCUT2D eigenvalue weighted by molar-refractivity contribution is 14.1. The summed E-state index contributed by atoms with van der Waals surface area (Å²) in [6, 6.07) is 8.98. The van der Waals surface area contributed by atoms with Crippen LogP contribution in [0.3, 0.4) is 0 Å². The van der Waals surface area contributed by atoms with E-state index < -0.39 is 0 Å². The molecule has 0 amide bonds. The van der Waals surface area contributed by atoms with Gasteiger partial charge in [0.25, 0.3) is 0 Å². The Balaban J connectivity index is 2.32. The Morgan fingerprint density at radius 2 is 2.10 bits per heavy atom. The average Bonchev–Trinajstić information content (AvgIpc) is 2.81. The van der Waals surface area contributed by atoms with Crippen molar-refractivity contribution in [3.05, 3.63) is 49.3 Å². The van der Waals surface area contributed by atoms with Crippen LogP contribution in [0.2, 0.25) is 0 Å². The number of nitrogens with zero attached hydrogens (tertiary/aromatic N) is 2. The zero-order chi connectivity index (χ0) is 15.4. The molecule has 1 N–H and O–H groups in total. The molecule has 2 rings (SSSR count). The van der Waals surface area contributed by atoms with Crippen LogP contribution in [0.25, 0.3) is 0 Å². The molecule has 1 aromatic carbocycles. The van der Waals surface area contributed by atoms with Crippen molar-refractivity contribution >= 4 is 38.5 Å². The predicted molar refractivity (Wildman–Crippen MR) is 99.6 cm³/mol. The van der Waals surface area contributed by atoms with E-state index in [4.69, 9.17) is 0 Å². The molecular formula is C16H21BrIN3. The van der Waals surface area contributed by atoms with Crippen molar-refractivity contribution in [2.75, 3.05) is 6.54 Å². The first-order chi connectivity index (χ1) is 10.0. The summed E-state index contributed by atoms with van der Waals surface area (Å²) in [6.45, 7) is 8.20. The van der Waals surface area contributed by atoms with Crippen molar-refractivity contribution in [1.82, 2.24) is 15.1 Å². The van der Waals surface area contributed by atoms with E-state index in [2.05, 4.69) is 98.7 Å². The van der Waals surface area contributed by atoms with E-state index in [0.29, 0.717) is 6.04 Å². The molecule has 1 unspecified atom stereocenters. The first kappa shape index (κ1) is 17.0. The first-order valence-corrected chi connectivity index (χ1v) is 9.14. The fourth-order valence-electron chi connectivity index (χ4n) is 2.57. The van der Waals surface area contributed by atoms with Crippen molar-refractivity contribution in [2.24, 2.45) is 0 Å². The van der Waals surface area contributed by atoms with Crippen molar-refractivity contribution in [1.29, 1.82) is 0 Å². The van der Waals surface area contributed by atoms with Crippen molar-refractivity contribution < 1.29 is 0 Å². The minimum absolute atomic E-state index is 0.292. The van der Waals surface area contributed by atoms with Crippen LogP contribution in [0, 0.1) is 10.5 Å². The van der Waals surface area contributed by atoms with Crippen LogP contribution in [0.1, 0.15) is 36.8 Å². The summed E-state index contributed by atoms with van der Waals surface area (Å²) in [5.74, 6) is 0. The third-order valence-electron chi connectivity index (χ3n) is 3.48. The Kier molecular flexibility index (Phi) is 6.25. The van der Waals surface area contributed by atoms with Gasteiger partial charge in [-0.2, -0.15) is 5.10 Å². The number of likely N-dealkylation sites (N-methyl/N-ethyl adjacent to an activating group) is 1. The summed E-state index contributed by atoms with van der Waals surface area (Å²) in [6.07, 6.45) is 0.946. The van der Waals surface area contributed by atoms with Gasteiger partial charge in [-0.25, -0.2) is 0 Å². The highest BCUT2D eigenvalue weighted by Gasteiger charge is 2.17. The quantitative estimate of drug-likeness (QED) is 0.643. The number of hydrogen-bond acceptors (Lipinski definition) is 2. The number of hydrogen-bond donors (Lipinski definition) is 1. The maximum atomic E-state index is 4.55. The molecule has 3 nitrogen and oxygen atoms in total. The normalized spacial score (nSPS) is 12.6. The van der Waals surface area contributed by atoms with E-state index in [1.165, 1.54) is 14.8 Å². The molecule has 0 aliphatic rings. The Morgan fingerprint density at radius 3 is 2.76 bits per heavy atom. The molecule has 0 saturated carbocycles. The SMILES string of the molecule is CCNC(Cc1cc(C)nn1CC)c1cc(I)ccc1Br.